The molecule has 214 valence electrons. The van der Waals surface area contributed by atoms with Crippen molar-refractivity contribution in [2.45, 2.75) is 18.0 Å². The molecule has 0 saturated carbocycles. The number of carbonyl (C=O) groups excluding carboxylic acids is 3. The van der Waals surface area contributed by atoms with Gasteiger partial charge in [0.25, 0.3) is 0 Å². The second kappa shape index (κ2) is 9.92. The number of rotatable bonds is 5. The van der Waals surface area contributed by atoms with Crippen LogP contribution in [0, 0.1) is 11.2 Å². The zero-order valence-electron chi connectivity index (χ0n) is 23.2. The van der Waals surface area contributed by atoms with Crippen molar-refractivity contribution in [2.24, 2.45) is 5.41 Å². The summed E-state index contributed by atoms with van der Waals surface area (Å²) in [5.41, 5.74) is 0.593. The second-order valence-corrected chi connectivity index (χ2v) is 11.2. The molecule has 0 radical (unpaired) electrons. The molecule has 0 amide bonds. The summed E-state index contributed by atoms with van der Waals surface area (Å²) in [6, 6.07) is 20.9. The number of methoxy groups -OCH3 is 2. The van der Waals surface area contributed by atoms with Crippen LogP contribution in [0.1, 0.15) is 48.1 Å². The highest BCUT2D eigenvalue weighted by Gasteiger charge is 2.72. The Balaban J connectivity index is 1.60. The Morgan fingerprint density at radius 3 is 2.26 bits per heavy atom. The second-order valence-electron chi connectivity index (χ2n) is 10.8. The number of hydrogen-bond donors (Lipinski definition) is 0. The lowest BCUT2D eigenvalue weighted by molar-refractivity contribution is 0.0664. The first-order chi connectivity index (χ1) is 20.8. The van der Waals surface area contributed by atoms with Crippen LogP contribution in [-0.4, -0.2) is 43.7 Å². The average molecular weight is 594 g/mol. The van der Waals surface area contributed by atoms with Crippen LogP contribution in [0.25, 0.3) is 6.08 Å². The van der Waals surface area contributed by atoms with Gasteiger partial charge in [-0.15, -0.1) is 0 Å². The zero-order valence-corrected chi connectivity index (χ0v) is 24.0. The largest absolute Gasteiger partial charge is 0.493 e. The Bertz CT molecular complexity index is 1850. The van der Waals surface area contributed by atoms with Gasteiger partial charge in [-0.1, -0.05) is 72.3 Å². The SMILES string of the molecule is COc1cccc([C@@H]2[C@@H](C(=O)c3ccccc3Cl)N3c4ccc(F)cc4C=C[C@@H]3C23C(=O)c2ccccc2C3=O)c1OC. The Hall–Kier alpha value is -4.75. The molecule has 2 aliphatic heterocycles. The molecule has 4 aromatic carbocycles. The standard InChI is InChI=1S/C35H25ClFNO5/c1-42-27-13-7-11-24(32(27)43-2)29-30(31(39)23-10-5-6-12-25(23)36)38-26-16-15-20(37)18-19(26)14-17-28(38)35(29)33(40)21-8-3-4-9-22(21)34(35)41/h3-18,28-30H,1-2H3/t28-,29-,30+/m1/s1. The molecule has 0 aromatic heterocycles. The van der Waals surface area contributed by atoms with Gasteiger partial charge in [-0.3, -0.25) is 14.4 Å². The molecule has 1 spiro atoms. The lowest BCUT2D eigenvalue weighted by atomic mass is 9.64. The van der Waals surface area contributed by atoms with Gasteiger partial charge >= 0.3 is 0 Å². The molecule has 1 fully saturated rings. The van der Waals surface area contributed by atoms with E-state index in [2.05, 4.69) is 0 Å². The molecule has 8 heteroatoms. The van der Waals surface area contributed by atoms with Gasteiger partial charge in [0.05, 0.1) is 25.3 Å². The number of fused-ring (bicyclic) bond motifs is 5. The first kappa shape index (κ1) is 27.1. The fourth-order valence-corrected chi connectivity index (χ4v) is 7.50. The highest BCUT2D eigenvalue weighted by Crippen LogP contribution is 2.62. The van der Waals surface area contributed by atoms with Gasteiger partial charge in [-0.2, -0.15) is 0 Å². The number of ketones is 3. The van der Waals surface area contributed by atoms with Crippen LogP contribution in [0.3, 0.4) is 0 Å². The lowest BCUT2D eigenvalue weighted by Crippen LogP contribution is -2.48. The maximum atomic E-state index is 14.8. The van der Waals surface area contributed by atoms with Crippen molar-refractivity contribution in [3.8, 4) is 11.5 Å². The van der Waals surface area contributed by atoms with Crippen molar-refractivity contribution < 1.29 is 28.2 Å². The maximum absolute atomic E-state index is 14.8. The highest BCUT2D eigenvalue weighted by atomic mass is 35.5. The third kappa shape index (κ3) is 3.61. The van der Waals surface area contributed by atoms with Crippen LogP contribution >= 0.6 is 11.6 Å². The highest BCUT2D eigenvalue weighted by molar-refractivity contribution is 6.35. The fourth-order valence-electron chi connectivity index (χ4n) is 7.27. The van der Waals surface area contributed by atoms with Crippen LogP contribution in [-0.2, 0) is 0 Å². The molecule has 0 bridgehead atoms. The van der Waals surface area contributed by atoms with Crippen molar-refractivity contribution in [1.82, 2.24) is 0 Å². The summed E-state index contributed by atoms with van der Waals surface area (Å²) < 4.78 is 25.9. The molecule has 3 atom stereocenters. The minimum absolute atomic E-state index is 0.237. The van der Waals surface area contributed by atoms with Crippen LogP contribution in [0.4, 0.5) is 10.1 Å². The van der Waals surface area contributed by atoms with Crippen molar-refractivity contribution in [3.05, 3.63) is 130 Å². The van der Waals surface area contributed by atoms with Gasteiger partial charge in [-0.05, 0) is 36.4 Å². The summed E-state index contributed by atoms with van der Waals surface area (Å²) in [6.45, 7) is 0. The lowest BCUT2D eigenvalue weighted by Gasteiger charge is -2.37. The summed E-state index contributed by atoms with van der Waals surface area (Å²) in [6.07, 6.45) is 3.45. The van der Waals surface area contributed by atoms with E-state index in [1.54, 1.807) is 89.8 Å². The van der Waals surface area contributed by atoms with Gasteiger partial charge in [0.2, 0.25) is 0 Å². The number of anilines is 1. The van der Waals surface area contributed by atoms with E-state index in [1.807, 2.05) is 0 Å². The van der Waals surface area contributed by atoms with Crippen molar-refractivity contribution >= 4 is 40.7 Å². The summed E-state index contributed by atoms with van der Waals surface area (Å²) in [5.74, 6) is -1.95. The number of para-hydroxylation sites is 1. The number of halogens is 2. The molecule has 1 saturated heterocycles. The molecule has 1 aliphatic carbocycles. The molecule has 6 nitrogen and oxygen atoms in total. The Labute approximate surface area is 252 Å². The Kier molecular flexibility index (Phi) is 6.25. The number of hydrogen-bond acceptors (Lipinski definition) is 6. The Morgan fingerprint density at radius 2 is 1.58 bits per heavy atom. The molecular weight excluding hydrogens is 569 g/mol. The monoisotopic (exact) mass is 593 g/mol. The summed E-state index contributed by atoms with van der Waals surface area (Å²) in [7, 11) is 2.98. The van der Waals surface area contributed by atoms with Crippen molar-refractivity contribution in [2.75, 3.05) is 19.1 Å². The van der Waals surface area contributed by atoms with E-state index in [0.717, 1.165) is 0 Å². The smallest absolute Gasteiger partial charge is 0.187 e. The van der Waals surface area contributed by atoms with Crippen LogP contribution in [0.15, 0.2) is 91.0 Å². The average Bonchev–Trinajstić information content (AvgIpc) is 3.46. The normalized spacial score (nSPS) is 21.0. The third-order valence-electron chi connectivity index (χ3n) is 8.94. The van der Waals surface area contributed by atoms with E-state index in [1.165, 1.54) is 26.4 Å². The van der Waals surface area contributed by atoms with Gasteiger partial charge in [0, 0.05) is 39.4 Å². The van der Waals surface area contributed by atoms with E-state index in [-0.39, 0.29) is 27.9 Å². The molecule has 7 rings (SSSR count). The minimum atomic E-state index is -1.76. The molecule has 43 heavy (non-hydrogen) atoms. The summed E-state index contributed by atoms with van der Waals surface area (Å²) in [5, 5.41) is 0.237. The van der Waals surface area contributed by atoms with Gasteiger partial charge in [-0.25, -0.2) is 4.39 Å². The molecular formula is C35H25ClFNO5. The van der Waals surface area contributed by atoms with E-state index in [0.29, 0.717) is 39.4 Å². The summed E-state index contributed by atoms with van der Waals surface area (Å²) >= 11 is 6.59. The number of ether oxygens (including phenoxy) is 2. The maximum Gasteiger partial charge on any atom is 0.187 e. The Morgan fingerprint density at radius 1 is 0.884 bits per heavy atom. The molecule has 4 aromatic rings. The number of carbonyl (C=O) groups is 3. The first-order valence-electron chi connectivity index (χ1n) is 13.8. The predicted octanol–water partition coefficient (Wildman–Crippen LogP) is 6.81. The van der Waals surface area contributed by atoms with Gasteiger partial charge in [0.1, 0.15) is 17.3 Å². The molecule has 2 heterocycles. The van der Waals surface area contributed by atoms with Gasteiger partial charge in [0.15, 0.2) is 28.8 Å². The minimum Gasteiger partial charge on any atom is -0.493 e. The summed E-state index contributed by atoms with van der Waals surface area (Å²) in [4.78, 5) is 46.3. The fraction of sp³-hybridized carbons (Fsp3) is 0.171. The van der Waals surface area contributed by atoms with Crippen molar-refractivity contribution in [1.29, 1.82) is 0 Å². The van der Waals surface area contributed by atoms with Gasteiger partial charge < -0.3 is 14.4 Å². The van der Waals surface area contributed by atoms with E-state index < -0.39 is 29.2 Å². The topological polar surface area (TPSA) is 72.9 Å². The number of benzene rings is 4. The van der Waals surface area contributed by atoms with Crippen LogP contribution in [0.2, 0.25) is 5.02 Å². The van der Waals surface area contributed by atoms with E-state index >= 15 is 0 Å². The van der Waals surface area contributed by atoms with E-state index in [4.69, 9.17) is 21.1 Å². The zero-order chi connectivity index (χ0) is 30.0. The number of Topliss-reactive ketones (excluding diaryl/α,β-unsaturated/α-hetero) is 3. The van der Waals surface area contributed by atoms with E-state index in [9.17, 15) is 18.8 Å². The van der Waals surface area contributed by atoms with Crippen molar-refractivity contribution in [3.63, 3.8) is 0 Å². The van der Waals surface area contributed by atoms with Crippen LogP contribution in [0.5, 0.6) is 11.5 Å². The molecule has 0 unspecified atom stereocenters. The molecule has 3 aliphatic rings. The molecule has 0 N–H and O–H groups in total. The van der Waals surface area contributed by atoms with Crippen LogP contribution < -0.4 is 14.4 Å². The third-order valence-corrected chi connectivity index (χ3v) is 9.27. The number of nitrogens with zero attached hydrogens (tertiary/aromatic N) is 1. The first-order valence-corrected chi connectivity index (χ1v) is 14.2. The predicted molar refractivity (Wildman–Crippen MR) is 161 cm³/mol. The quantitative estimate of drug-likeness (QED) is 0.187.